The molecule has 0 aliphatic heterocycles. The molecule has 6 rings (SSSR count). The summed E-state index contributed by atoms with van der Waals surface area (Å²) in [4.78, 5) is 4.64. The summed E-state index contributed by atoms with van der Waals surface area (Å²) in [6, 6.07) is 7.92. The largest absolute Gasteiger partial charge is 0.497 e. The quantitative estimate of drug-likeness (QED) is 0.387. The van der Waals surface area contributed by atoms with Crippen LogP contribution in [-0.2, 0) is 11.3 Å². The molecule has 4 aromatic heterocycles. The minimum Gasteiger partial charge on any atom is -0.497 e. The molecule has 10 nitrogen and oxygen atoms in total. The van der Waals surface area contributed by atoms with Crippen molar-refractivity contribution in [3.05, 3.63) is 60.3 Å². The van der Waals surface area contributed by atoms with E-state index in [9.17, 15) is 0 Å². The van der Waals surface area contributed by atoms with Crippen LogP contribution in [0.4, 0.5) is 0 Å². The van der Waals surface area contributed by atoms with Crippen LogP contribution in [0.2, 0.25) is 0 Å². The Kier molecular flexibility index (Phi) is 6.23. The molecular weight excluding hydrogens is 444 g/mol. The van der Waals surface area contributed by atoms with Gasteiger partial charge in [0.25, 0.3) is 0 Å². The Morgan fingerprint density at radius 2 is 2.00 bits per heavy atom. The molecule has 4 heterocycles. The maximum Gasteiger partial charge on any atom is 0.137 e. The van der Waals surface area contributed by atoms with Crippen molar-refractivity contribution < 1.29 is 9.47 Å². The number of imidazole rings is 1. The summed E-state index contributed by atoms with van der Waals surface area (Å²) >= 11 is 0. The van der Waals surface area contributed by atoms with Crippen LogP contribution in [0, 0.1) is 6.92 Å². The topological polar surface area (TPSA) is 121 Å². The number of H-pyrrole nitrogens is 1. The molecule has 1 aromatic carbocycles. The number of nitrogens with two attached hydrogens (primary N) is 1. The predicted molar refractivity (Wildman–Crippen MR) is 133 cm³/mol. The number of aromatic nitrogens is 7. The van der Waals surface area contributed by atoms with Gasteiger partial charge in [-0.25, -0.2) is 9.67 Å². The lowest BCUT2D eigenvalue weighted by molar-refractivity contribution is -0.0633. The molecule has 0 radical (unpaired) electrons. The zero-order chi connectivity index (χ0) is 24.4. The van der Waals surface area contributed by atoms with Gasteiger partial charge in [-0.05, 0) is 43.9 Å². The Morgan fingerprint density at radius 3 is 2.69 bits per heavy atom. The molecule has 3 N–H and O–H groups in total. The number of hydrogen-bond acceptors (Lipinski definition) is 7. The van der Waals surface area contributed by atoms with Crippen molar-refractivity contribution in [1.82, 2.24) is 34.6 Å². The highest BCUT2D eigenvalue weighted by Gasteiger charge is 2.35. The second kappa shape index (κ2) is 9.47. The molecule has 35 heavy (non-hydrogen) atoms. The summed E-state index contributed by atoms with van der Waals surface area (Å²) in [5.41, 5.74) is 11.2. The van der Waals surface area contributed by atoms with Crippen LogP contribution in [0.25, 0.3) is 27.8 Å². The van der Waals surface area contributed by atoms with Crippen LogP contribution >= 0.6 is 0 Å². The van der Waals surface area contributed by atoms with E-state index in [0.717, 1.165) is 52.1 Å². The van der Waals surface area contributed by atoms with Crippen LogP contribution in [0.15, 0.2) is 49.1 Å². The predicted octanol–water partition coefficient (Wildman–Crippen LogP) is 3.35. The lowest BCUT2D eigenvalue weighted by Gasteiger charge is -2.39. The Bertz CT molecular complexity index is 1430. The average Bonchev–Trinajstić information content (AvgIpc) is 3.58. The molecular formula is C25H30N8O2. The molecule has 0 saturated heterocycles. The molecule has 1 aliphatic carbocycles. The fourth-order valence-corrected chi connectivity index (χ4v) is 4.31. The number of methoxy groups -OCH3 is 2. The van der Waals surface area contributed by atoms with Gasteiger partial charge in [0.05, 0.1) is 42.9 Å². The van der Waals surface area contributed by atoms with Crippen molar-refractivity contribution in [2.45, 2.75) is 38.3 Å². The minimum absolute atomic E-state index is 0.0833. The van der Waals surface area contributed by atoms with Gasteiger partial charge in [0.15, 0.2) is 0 Å². The number of nitrogens with one attached hydrogen (secondary N) is 1. The second-order valence-electron chi connectivity index (χ2n) is 8.96. The third-order valence-electron chi connectivity index (χ3n) is 6.63. The fourth-order valence-electron chi connectivity index (χ4n) is 4.31. The number of hydrogen-bond donors (Lipinski definition) is 2. The first-order chi connectivity index (χ1) is 17.0. The summed E-state index contributed by atoms with van der Waals surface area (Å²) in [5.74, 6) is 0.743. The monoisotopic (exact) mass is 474 g/mol. The van der Waals surface area contributed by atoms with Gasteiger partial charge in [0, 0.05) is 43.1 Å². The number of pyridine rings is 1. The van der Waals surface area contributed by atoms with E-state index in [1.807, 2.05) is 35.0 Å². The van der Waals surface area contributed by atoms with Crippen LogP contribution in [0.3, 0.4) is 0 Å². The van der Waals surface area contributed by atoms with Crippen molar-refractivity contribution in [3.8, 4) is 17.0 Å². The number of aryl methyl sites for hydroxylation is 1. The van der Waals surface area contributed by atoms with Crippen LogP contribution in [0.1, 0.15) is 30.5 Å². The van der Waals surface area contributed by atoms with E-state index in [1.54, 1.807) is 25.1 Å². The molecule has 5 aromatic rings. The molecule has 10 heteroatoms. The maximum atomic E-state index is 5.45. The standard InChI is InChI=1S/C19H17N7O.C6H13NO/c1-12-3-4-19-21-13(9-25(19)8-12)10-26-11-18(23-24-26)15-5-14(27-2)6-17-16(15)7-20-22-17;1-8-6(5-7)3-2-4-6/h3-9,11H,10H2,1-2H3,(H,20,22);2-5,7H2,1H3. The van der Waals surface area contributed by atoms with Crippen molar-refractivity contribution >= 4 is 16.6 Å². The lowest BCUT2D eigenvalue weighted by atomic mass is 9.80. The van der Waals surface area contributed by atoms with Crippen molar-refractivity contribution in [2.24, 2.45) is 5.73 Å². The number of aromatic amines is 1. The highest BCUT2D eigenvalue weighted by atomic mass is 16.5. The van der Waals surface area contributed by atoms with Gasteiger partial charge in [-0.15, -0.1) is 5.10 Å². The van der Waals surface area contributed by atoms with Crippen molar-refractivity contribution in [2.75, 3.05) is 20.8 Å². The highest BCUT2D eigenvalue weighted by molar-refractivity contribution is 5.94. The molecule has 0 unspecified atom stereocenters. The lowest BCUT2D eigenvalue weighted by Crippen LogP contribution is -2.45. The molecule has 1 fully saturated rings. The normalized spacial score (nSPS) is 14.5. The Balaban J connectivity index is 0.000000271. The molecule has 1 saturated carbocycles. The van der Waals surface area contributed by atoms with E-state index in [-0.39, 0.29) is 5.60 Å². The van der Waals surface area contributed by atoms with E-state index in [4.69, 9.17) is 15.2 Å². The molecule has 0 amide bonds. The molecule has 0 atom stereocenters. The van der Waals surface area contributed by atoms with Gasteiger partial charge in [-0.2, -0.15) is 5.10 Å². The van der Waals surface area contributed by atoms with Gasteiger partial charge in [-0.1, -0.05) is 11.3 Å². The third-order valence-corrected chi connectivity index (χ3v) is 6.63. The van der Waals surface area contributed by atoms with E-state index in [1.165, 1.54) is 12.0 Å². The van der Waals surface area contributed by atoms with E-state index >= 15 is 0 Å². The zero-order valence-corrected chi connectivity index (χ0v) is 20.2. The summed E-state index contributed by atoms with van der Waals surface area (Å²) in [7, 11) is 3.38. The molecule has 0 spiro atoms. The van der Waals surface area contributed by atoms with E-state index in [0.29, 0.717) is 13.1 Å². The number of ether oxygens (including phenoxy) is 2. The number of nitrogens with zero attached hydrogens (tertiary/aromatic N) is 6. The molecule has 0 bridgehead atoms. The zero-order valence-electron chi connectivity index (χ0n) is 20.2. The van der Waals surface area contributed by atoms with Gasteiger partial charge >= 0.3 is 0 Å². The molecule has 182 valence electrons. The van der Waals surface area contributed by atoms with E-state index in [2.05, 4.69) is 44.7 Å². The van der Waals surface area contributed by atoms with E-state index < -0.39 is 0 Å². The average molecular weight is 475 g/mol. The first kappa shape index (κ1) is 23.0. The summed E-state index contributed by atoms with van der Waals surface area (Å²) in [5, 5.41) is 16.7. The minimum atomic E-state index is 0.0833. The van der Waals surface area contributed by atoms with Crippen LogP contribution in [0.5, 0.6) is 5.75 Å². The number of benzene rings is 1. The second-order valence-corrected chi connectivity index (χ2v) is 8.96. The Labute approximate surface area is 203 Å². The summed E-state index contributed by atoms with van der Waals surface area (Å²) in [6.07, 6.45) is 11.4. The summed E-state index contributed by atoms with van der Waals surface area (Å²) < 4.78 is 14.4. The van der Waals surface area contributed by atoms with Crippen LogP contribution < -0.4 is 10.5 Å². The van der Waals surface area contributed by atoms with Crippen molar-refractivity contribution in [3.63, 3.8) is 0 Å². The highest BCUT2D eigenvalue weighted by Crippen LogP contribution is 2.33. The Hall–Kier alpha value is -3.76. The number of rotatable bonds is 6. The smallest absolute Gasteiger partial charge is 0.137 e. The third kappa shape index (κ3) is 4.62. The van der Waals surface area contributed by atoms with Gasteiger partial charge in [0.2, 0.25) is 0 Å². The van der Waals surface area contributed by atoms with Gasteiger partial charge in [0.1, 0.15) is 17.1 Å². The van der Waals surface area contributed by atoms with Gasteiger partial charge in [-0.3, -0.25) is 5.10 Å². The molecule has 1 aliphatic rings. The fraction of sp³-hybridized carbons (Fsp3) is 0.360. The number of fused-ring (bicyclic) bond motifs is 2. The first-order valence-electron chi connectivity index (χ1n) is 11.6. The SMILES string of the molecule is COC1(CN)CCC1.COc1cc(-c2cn(Cc3cn4cc(C)ccc4n3)nn2)c2cn[nH]c2c1. The van der Waals surface area contributed by atoms with Crippen LogP contribution in [-0.4, -0.2) is 60.9 Å². The Morgan fingerprint density at radius 1 is 1.14 bits per heavy atom. The summed E-state index contributed by atoms with van der Waals surface area (Å²) in [6.45, 7) is 3.29. The van der Waals surface area contributed by atoms with Crippen molar-refractivity contribution in [1.29, 1.82) is 0 Å². The van der Waals surface area contributed by atoms with Gasteiger partial charge < -0.3 is 19.6 Å². The first-order valence-corrected chi connectivity index (χ1v) is 11.6. The maximum absolute atomic E-state index is 5.45.